The molecule has 3 rings (SSSR count). The number of aliphatic hydroxyl groups excluding tert-OH is 1. The van der Waals surface area contributed by atoms with Gasteiger partial charge < -0.3 is 9.67 Å². The van der Waals surface area contributed by atoms with Crippen molar-refractivity contribution in [1.29, 1.82) is 0 Å². The molecule has 3 aromatic rings. The quantitative estimate of drug-likeness (QED) is 0.727. The van der Waals surface area contributed by atoms with Crippen LogP contribution in [-0.2, 0) is 6.54 Å². The lowest BCUT2D eigenvalue weighted by molar-refractivity contribution is 0.102. The predicted octanol–water partition coefficient (Wildman–Crippen LogP) is 3.56. The minimum Gasteiger partial charge on any atom is -0.386 e. The Balaban J connectivity index is 1.84. The van der Waals surface area contributed by atoms with E-state index in [0.29, 0.717) is 21.3 Å². The molecule has 0 radical (unpaired) electrons. The number of imidazole rings is 1. The normalized spacial score (nSPS) is 12.3. The van der Waals surface area contributed by atoms with E-state index in [1.165, 1.54) is 11.3 Å². The maximum atomic E-state index is 12.4. The molecule has 0 saturated heterocycles. The minimum absolute atomic E-state index is 0.147. The molecule has 0 saturated carbocycles. The Labute approximate surface area is 136 Å². The lowest BCUT2D eigenvalue weighted by Gasteiger charge is -2.14. The molecule has 1 atom stereocenters. The van der Waals surface area contributed by atoms with E-state index in [1.807, 2.05) is 23.6 Å². The number of nitrogens with zero attached hydrogens (tertiary/aromatic N) is 2. The van der Waals surface area contributed by atoms with Crippen LogP contribution in [0.15, 0.2) is 54.2 Å². The Morgan fingerprint density at radius 1 is 1.32 bits per heavy atom. The van der Waals surface area contributed by atoms with Crippen molar-refractivity contribution >= 4 is 28.7 Å². The highest BCUT2D eigenvalue weighted by Crippen LogP contribution is 2.24. The van der Waals surface area contributed by atoms with Crippen molar-refractivity contribution in [2.75, 3.05) is 0 Å². The van der Waals surface area contributed by atoms with Gasteiger partial charge in [-0.25, -0.2) is 4.98 Å². The van der Waals surface area contributed by atoms with Gasteiger partial charge >= 0.3 is 0 Å². The Morgan fingerprint density at radius 3 is 2.86 bits per heavy atom. The van der Waals surface area contributed by atoms with E-state index in [0.717, 1.165) is 0 Å². The molecule has 0 aliphatic rings. The summed E-state index contributed by atoms with van der Waals surface area (Å²) in [7, 11) is 0. The van der Waals surface area contributed by atoms with Crippen molar-refractivity contribution < 1.29 is 9.90 Å². The van der Waals surface area contributed by atoms with Crippen molar-refractivity contribution in [2.24, 2.45) is 0 Å². The van der Waals surface area contributed by atoms with Crippen LogP contribution in [0.3, 0.4) is 0 Å². The summed E-state index contributed by atoms with van der Waals surface area (Å²) in [5, 5.41) is 12.7. The first-order valence-corrected chi connectivity index (χ1v) is 7.94. The fourth-order valence-corrected chi connectivity index (χ4v) is 3.13. The molecule has 2 aromatic heterocycles. The summed E-state index contributed by atoms with van der Waals surface area (Å²) in [5.41, 5.74) is 0.632. The number of ketones is 1. The number of thiophene rings is 1. The van der Waals surface area contributed by atoms with Gasteiger partial charge in [-0.05, 0) is 17.5 Å². The summed E-state index contributed by atoms with van der Waals surface area (Å²) in [4.78, 5) is 17.1. The zero-order valence-corrected chi connectivity index (χ0v) is 13.1. The number of rotatable bonds is 5. The van der Waals surface area contributed by atoms with Crippen LogP contribution in [0.1, 0.15) is 27.2 Å². The third kappa shape index (κ3) is 2.97. The summed E-state index contributed by atoms with van der Waals surface area (Å²) in [6.45, 7) is 0.218. The first kappa shape index (κ1) is 15.0. The third-order valence-electron chi connectivity index (χ3n) is 3.30. The van der Waals surface area contributed by atoms with E-state index in [1.54, 1.807) is 35.2 Å². The Morgan fingerprint density at radius 2 is 2.14 bits per heavy atom. The van der Waals surface area contributed by atoms with E-state index in [2.05, 4.69) is 4.98 Å². The second-order valence-corrected chi connectivity index (χ2v) is 6.10. The van der Waals surface area contributed by atoms with E-state index >= 15 is 0 Å². The maximum Gasteiger partial charge on any atom is 0.238 e. The number of aliphatic hydroxyl groups is 1. The summed E-state index contributed by atoms with van der Waals surface area (Å²) >= 11 is 7.46. The average Bonchev–Trinajstić information content (AvgIpc) is 3.18. The van der Waals surface area contributed by atoms with Crippen molar-refractivity contribution in [1.82, 2.24) is 9.55 Å². The van der Waals surface area contributed by atoms with E-state index in [9.17, 15) is 9.90 Å². The van der Waals surface area contributed by atoms with Crippen LogP contribution < -0.4 is 0 Å². The third-order valence-corrected chi connectivity index (χ3v) is 4.51. The van der Waals surface area contributed by atoms with Gasteiger partial charge in [-0.2, -0.15) is 0 Å². The van der Waals surface area contributed by atoms with Crippen molar-refractivity contribution in [2.45, 2.75) is 12.6 Å². The Kier molecular flexibility index (Phi) is 4.38. The van der Waals surface area contributed by atoms with Crippen LogP contribution >= 0.6 is 22.9 Å². The van der Waals surface area contributed by atoms with Crippen LogP contribution in [0.5, 0.6) is 0 Å². The molecule has 1 N–H and O–H groups in total. The second-order valence-electron chi connectivity index (χ2n) is 4.75. The number of carbonyl (C=O) groups is 1. The zero-order valence-electron chi connectivity index (χ0n) is 11.5. The number of aromatic nitrogens is 2. The standard InChI is InChI=1S/C16H13ClN2O2S/c17-12-5-2-1-4-11(12)13(20)10-19-8-7-18-16(19)15(21)14-6-3-9-22-14/h1-9,13,20H,10H2/t13-/m1/s1. The van der Waals surface area contributed by atoms with Crippen molar-refractivity contribution in [3.63, 3.8) is 0 Å². The Hall–Kier alpha value is -1.95. The van der Waals surface area contributed by atoms with Gasteiger partial charge in [-0.1, -0.05) is 35.9 Å². The van der Waals surface area contributed by atoms with Gasteiger partial charge in [0.25, 0.3) is 0 Å². The number of carbonyl (C=O) groups excluding carboxylic acids is 1. The van der Waals surface area contributed by atoms with Gasteiger partial charge in [-0.3, -0.25) is 4.79 Å². The molecule has 4 nitrogen and oxygen atoms in total. The zero-order chi connectivity index (χ0) is 15.5. The molecule has 112 valence electrons. The first-order valence-electron chi connectivity index (χ1n) is 6.68. The lowest BCUT2D eigenvalue weighted by Crippen LogP contribution is -2.15. The van der Waals surface area contributed by atoms with Crippen molar-refractivity contribution in [3.8, 4) is 0 Å². The maximum absolute atomic E-state index is 12.4. The molecule has 0 amide bonds. The number of hydrogen-bond acceptors (Lipinski definition) is 4. The van der Waals surface area contributed by atoms with Crippen LogP contribution in [0.4, 0.5) is 0 Å². The highest BCUT2D eigenvalue weighted by Gasteiger charge is 2.19. The van der Waals surface area contributed by atoms with Crippen LogP contribution in [-0.4, -0.2) is 20.4 Å². The number of hydrogen-bond donors (Lipinski definition) is 1. The van der Waals surface area contributed by atoms with Gasteiger partial charge in [0, 0.05) is 23.0 Å². The van der Waals surface area contributed by atoms with Gasteiger partial charge in [0.05, 0.1) is 17.5 Å². The first-order chi connectivity index (χ1) is 10.7. The highest BCUT2D eigenvalue weighted by molar-refractivity contribution is 7.12. The van der Waals surface area contributed by atoms with E-state index < -0.39 is 6.10 Å². The second kappa shape index (κ2) is 6.44. The summed E-state index contributed by atoms with van der Waals surface area (Å²) in [6.07, 6.45) is 2.43. The predicted molar refractivity (Wildman–Crippen MR) is 86.4 cm³/mol. The van der Waals surface area contributed by atoms with Gasteiger partial charge in [0.15, 0.2) is 5.82 Å². The number of halogens is 1. The molecule has 0 unspecified atom stereocenters. The topological polar surface area (TPSA) is 55.1 Å². The average molecular weight is 333 g/mol. The van der Waals surface area contributed by atoms with Crippen LogP contribution in [0, 0.1) is 0 Å². The monoisotopic (exact) mass is 332 g/mol. The van der Waals surface area contributed by atoms with E-state index in [4.69, 9.17) is 11.6 Å². The summed E-state index contributed by atoms with van der Waals surface area (Å²) in [5.74, 6) is 0.167. The molecule has 0 fully saturated rings. The smallest absolute Gasteiger partial charge is 0.238 e. The fourth-order valence-electron chi connectivity index (χ4n) is 2.21. The molecule has 6 heteroatoms. The van der Waals surface area contributed by atoms with Gasteiger partial charge in [-0.15, -0.1) is 11.3 Å². The summed E-state index contributed by atoms with van der Waals surface area (Å²) < 4.78 is 1.65. The van der Waals surface area contributed by atoms with Gasteiger partial charge in [0.1, 0.15) is 0 Å². The number of benzene rings is 1. The SMILES string of the molecule is O=C(c1cccs1)c1nccn1C[C@@H](O)c1ccccc1Cl. The lowest BCUT2D eigenvalue weighted by atomic mass is 10.1. The molecule has 0 aliphatic heterocycles. The largest absolute Gasteiger partial charge is 0.386 e. The molecule has 0 aliphatic carbocycles. The van der Waals surface area contributed by atoms with Crippen LogP contribution in [0.2, 0.25) is 5.02 Å². The molecule has 22 heavy (non-hydrogen) atoms. The fraction of sp³-hybridized carbons (Fsp3) is 0.125. The van der Waals surface area contributed by atoms with E-state index in [-0.39, 0.29) is 12.3 Å². The van der Waals surface area contributed by atoms with Gasteiger partial charge in [0.2, 0.25) is 5.78 Å². The minimum atomic E-state index is -0.808. The molecule has 2 heterocycles. The Bertz CT molecular complexity index is 783. The molecule has 0 spiro atoms. The molecule has 0 bridgehead atoms. The highest BCUT2D eigenvalue weighted by atomic mass is 35.5. The summed E-state index contributed by atoms with van der Waals surface area (Å²) in [6, 6.07) is 10.7. The molecular formula is C16H13ClN2O2S. The molecular weight excluding hydrogens is 320 g/mol. The van der Waals surface area contributed by atoms with Crippen molar-refractivity contribution in [3.05, 3.63) is 75.5 Å². The molecule has 1 aromatic carbocycles. The van der Waals surface area contributed by atoms with Crippen LogP contribution in [0.25, 0.3) is 0 Å².